The smallest absolute Gasteiger partial charge is 0.394 e. The van der Waals surface area contributed by atoms with Crippen molar-refractivity contribution in [1.29, 1.82) is 0 Å². The van der Waals surface area contributed by atoms with Crippen molar-refractivity contribution in [1.82, 2.24) is 0 Å². The van der Waals surface area contributed by atoms with Gasteiger partial charge >= 0.3 is 22.3 Å². The quantitative estimate of drug-likeness (QED) is 0.0341. The zero-order valence-corrected chi connectivity index (χ0v) is 76.6. The molecule has 0 spiro atoms. The number of furan rings is 6. The molecule has 0 radical (unpaired) electrons. The Morgan fingerprint density at radius 3 is 0.993 bits per heavy atom. The van der Waals surface area contributed by atoms with Gasteiger partial charge in [-0.05, 0) is 286 Å². The van der Waals surface area contributed by atoms with Gasteiger partial charge in [0.25, 0.3) is 0 Å². The fourth-order valence-corrected chi connectivity index (χ4v) is 18.4. The van der Waals surface area contributed by atoms with E-state index in [1.807, 2.05) is 247 Å². The van der Waals surface area contributed by atoms with Crippen molar-refractivity contribution in [2.75, 3.05) is 14.7 Å². The van der Waals surface area contributed by atoms with E-state index >= 15 is 0 Å². The van der Waals surface area contributed by atoms with Crippen LogP contribution in [0.3, 0.4) is 0 Å². The molecule has 0 unspecified atom stereocenters. The highest BCUT2D eigenvalue weighted by Crippen LogP contribution is 2.50. The first-order valence-corrected chi connectivity index (χ1v) is 46.6. The largest absolute Gasteiger partial charge is 0.508 e. The number of aromatic carboxylic acids is 2. The van der Waals surface area contributed by atoms with Crippen LogP contribution in [0, 0.1) is 3.57 Å². The first kappa shape index (κ1) is 93.0. The second-order valence-electron chi connectivity index (χ2n) is 32.7. The Bertz CT molecular complexity index is 9180. The Kier molecular flexibility index (Phi) is 26.2. The Balaban J connectivity index is 0.000000125. The molecule has 696 valence electrons. The van der Waals surface area contributed by atoms with Gasteiger partial charge in [0.05, 0.1) is 52.2 Å². The number of halogens is 1. The van der Waals surface area contributed by atoms with E-state index in [2.05, 4.69) is 142 Å². The summed E-state index contributed by atoms with van der Waals surface area (Å²) in [7, 11) is -4.67. The highest BCUT2D eigenvalue weighted by Gasteiger charge is 2.27. The van der Waals surface area contributed by atoms with Gasteiger partial charge in [-0.1, -0.05) is 179 Å². The van der Waals surface area contributed by atoms with Crippen molar-refractivity contribution in [3.8, 4) is 50.6 Å². The molecule has 0 aliphatic heterocycles. The number of phenols is 1. The third kappa shape index (κ3) is 19.1. The van der Waals surface area contributed by atoms with Crippen LogP contribution in [0.4, 0.5) is 51.2 Å². The number of phenolic OH excluding ortho intramolecular Hbond substituents is 1. The number of nitrogens with zero attached hydrogens (tertiary/aromatic N) is 3. The molecule has 5 N–H and O–H groups in total. The van der Waals surface area contributed by atoms with E-state index in [1.54, 1.807) is 73.4 Å². The van der Waals surface area contributed by atoms with Crippen molar-refractivity contribution in [2.45, 2.75) is 14.9 Å². The molecule has 0 amide bonds. The van der Waals surface area contributed by atoms with E-state index in [0.717, 1.165) is 187 Å². The maximum Gasteiger partial charge on any atom is 0.394 e. The number of rotatable bonds is 16. The van der Waals surface area contributed by atoms with Crippen molar-refractivity contribution >= 4 is 217 Å². The van der Waals surface area contributed by atoms with Gasteiger partial charge < -0.3 is 65.7 Å². The van der Waals surface area contributed by atoms with E-state index in [-0.39, 0.29) is 37.3 Å². The highest BCUT2D eigenvalue weighted by atomic mass is 127. The molecule has 0 fully saturated rings. The molecular weight excluding hydrogens is 1920 g/mol. The minimum absolute atomic E-state index is 0. The number of para-hydroxylation sites is 8. The van der Waals surface area contributed by atoms with Crippen LogP contribution >= 0.6 is 22.6 Å². The summed E-state index contributed by atoms with van der Waals surface area (Å²) in [5.41, 5.74) is 23.7. The number of carbonyl (C=O) groups is 2. The Morgan fingerprint density at radius 1 is 0.289 bits per heavy atom. The summed E-state index contributed by atoms with van der Waals surface area (Å²) in [6, 6.07) is 134. The Labute approximate surface area is 825 Å². The standard InChI is InChI=1S/C39H25NO5.C39H23NO4.C32H21NO3.C7H5IO2.2CH4.H2O4S/c41-39(42)32-11-5-7-13-36(32)44-30-17-15-28(16-18-30)40(27-8-2-1-3-9-27)29-23-33(25-14-19-34-26(22-25)20-21-43-34)38-31-10-4-6-12-35(31)45-37(38)24-29;41-39-30-11-5-7-13-35(30)43-36-17-15-27(21-32(36)39)40(26-8-2-1-3-9-26)28-22-31(24-14-16-33-25(20-24)18-19-42-33)38-29-10-4-6-12-34(29)44-37(38)23-28;34-26-13-11-24(12-14-26)33(23-6-2-1-3-7-23)25-19-28(21-10-15-29-22(18-21)16-17-35-29)32-27-8-4-5-9-30(27)36-31(32)20-25;8-6-4-2-1-3-5(6)7(9)10;;;1-5(2,3)4/h1-24H,(H,41,42);1-23H;1-20,34H;1-4H,(H,9,10);2*1H4;(H2,1,2,3,4). The number of carboxylic acid groups (broad SMARTS) is 2. The predicted molar refractivity (Wildman–Crippen MR) is 573 cm³/mol. The van der Waals surface area contributed by atoms with Crippen molar-refractivity contribution in [3.63, 3.8) is 0 Å². The predicted octanol–water partition coefficient (Wildman–Crippen LogP) is 33.5. The van der Waals surface area contributed by atoms with Crippen LogP contribution in [-0.2, 0) is 10.4 Å². The molecule has 142 heavy (non-hydrogen) atoms. The molecule has 23 heteroatoms. The average molecular weight is 2000 g/mol. The summed E-state index contributed by atoms with van der Waals surface area (Å²) in [4.78, 5) is 42.2. The Hall–Kier alpha value is -18.0. The second kappa shape index (κ2) is 40.0. The number of carboxylic acids is 2. The maximum atomic E-state index is 13.6. The number of hydrogen-bond acceptors (Lipinski definition) is 17. The lowest BCUT2D eigenvalue weighted by Gasteiger charge is -2.26. The van der Waals surface area contributed by atoms with Crippen LogP contribution < -0.4 is 24.9 Å². The number of anilines is 9. The summed E-state index contributed by atoms with van der Waals surface area (Å²) in [6.07, 6.45) is 5.14. The van der Waals surface area contributed by atoms with Crippen molar-refractivity contribution < 1.29 is 78.1 Å². The zero-order chi connectivity index (χ0) is 95.7. The number of fused-ring (bicyclic) bond motifs is 14. The minimum Gasteiger partial charge on any atom is -0.508 e. The lowest BCUT2D eigenvalue weighted by molar-refractivity contribution is 0.0684. The fourth-order valence-electron chi connectivity index (χ4n) is 17.8. The minimum atomic E-state index is -4.67. The number of ether oxygens (including phenoxy) is 1. The molecule has 0 saturated heterocycles. The molecule has 7 aromatic heterocycles. The van der Waals surface area contributed by atoms with Gasteiger partial charge in [-0.25, -0.2) is 9.59 Å². The van der Waals surface area contributed by atoms with Gasteiger partial charge in [-0.2, -0.15) is 8.42 Å². The normalized spacial score (nSPS) is 11.2. The molecule has 0 aliphatic carbocycles. The summed E-state index contributed by atoms with van der Waals surface area (Å²) < 4.78 is 80.6. The van der Waals surface area contributed by atoms with Crippen LogP contribution in [0.2, 0.25) is 0 Å². The van der Waals surface area contributed by atoms with Gasteiger partial charge in [-0.15, -0.1) is 0 Å². The molecule has 7 heterocycles. The number of aromatic hydroxyl groups is 1. The molecule has 25 aromatic rings. The van der Waals surface area contributed by atoms with E-state index in [1.165, 1.54) is 6.07 Å². The molecule has 21 nitrogen and oxygen atoms in total. The van der Waals surface area contributed by atoms with Crippen molar-refractivity contribution in [3.05, 3.63) is 456 Å². The maximum absolute atomic E-state index is 13.6. The van der Waals surface area contributed by atoms with Gasteiger partial charge in [0.15, 0.2) is 0 Å². The van der Waals surface area contributed by atoms with E-state index in [0.29, 0.717) is 33.3 Å². The summed E-state index contributed by atoms with van der Waals surface area (Å²) in [5, 5.41) is 38.6. The van der Waals surface area contributed by atoms with Gasteiger partial charge in [-0.3, -0.25) is 13.9 Å². The van der Waals surface area contributed by atoms with Crippen molar-refractivity contribution in [2.24, 2.45) is 0 Å². The van der Waals surface area contributed by atoms with Crippen LogP contribution in [0.5, 0.6) is 17.2 Å². The van der Waals surface area contributed by atoms with Crippen LogP contribution in [0.1, 0.15) is 35.6 Å². The second-order valence-corrected chi connectivity index (χ2v) is 34.7. The highest BCUT2D eigenvalue weighted by molar-refractivity contribution is 14.1. The SMILES string of the molecule is C.C.O=C(O)c1ccccc1I.O=C(O)c1ccccc1Oc1ccc(N(c2ccccc2)c2cc(-c3ccc4occc4c3)c3c(c2)oc2ccccc23)cc1.O=S(=O)(O)O.O=c1c2ccccc2oc2ccc(N(c3ccccc3)c3cc(-c4ccc5occc5c4)c4c(c3)oc3ccccc34)cc12.Oc1ccc(N(c2ccccc2)c2cc(-c3ccc4occc4c3)c3c(c2)oc2ccccc23)cc1. The first-order valence-electron chi connectivity index (χ1n) is 44.2. The number of benzene rings is 18. The lowest BCUT2D eigenvalue weighted by atomic mass is 9.97. The van der Waals surface area contributed by atoms with E-state index < -0.39 is 22.3 Å². The first-order chi connectivity index (χ1) is 68.3. The monoisotopic (exact) mass is 2000 g/mol. The third-order valence-electron chi connectivity index (χ3n) is 24.0. The molecule has 0 aliphatic rings. The molecule has 18 aromatic carbocycles. The molecule has 0 atom stereocenters. The van der Waals surface area contributed by atoms with Gasteiger partial charge in [0.1, 0.15) is 84.2 Å². The third-order valence-corrected chi connectivity index (χ3v) is 24.9. The molecule has 0 bridgehead atoms. The number of hydrogen-bond donors (Lipinski definition) is 5. The lowest BCUT2D eigenvalue weighted by Crippen LogP contribution is -2.11. The summed E-state index contributed by atoms with van der Waals surface area (Å²) in [5.74, 6) is -0.866. The average Bonchev–Trinajstić information content (AvgIpc) is 1.53. The van der Waals surface area contributed by atoms with E-state index in [9.17, 15) is 24.6 Å². The Morgan fingerprint density at radius 2 is 0.599 bits per heavy atom. The van der Waals surface area contributed by atoms with Gasteiger partial charge in [0, 0.05) is 104 Å². The van der Waals surface area contributed by atoms with E-state index in [4.69, 9.17) is 58.3 Å². The fraction of sp³-hybridized carbons (Fsp3) is 0.0168. The molecular formula is C119H84IN3O18S. The van der Waals surface area contributed by atoms with Gasteiger partial charge in [0.2, 0.25) is 5.43 Å². The zero-order valence-electron chi connectivity index (χ0n) is 73.7. The summed E-state index contributed by atoms with van der Waals surface area (Å²) in [6.45, 7) is 0. The molecule has 25 rings (SSSR count). The molecule has 0 saturated carbocycles. The topological polar surface area (TPSA) is 297 Å². The van der Waals surface area contributed by atoms with Crippen LogP contribution in [0.25, 0.3) is 154 Å². The summed E-state index contributed by atoms with van der Waals surface area (Å²) >= 11 is 1.99. The van der Waals surface area contributed by atoms with Crippen LogP contribution in [-0.4, -0.2) is 44.8 Å². The van der Waals surface area contributed by atoms with Crippen LogP contribution in [0.15, 0.2) is 467 Å².